The van der Waals surface area contributed by atoms with E-state index in [9.17, 15) is 4.79 Å². The van der Waals surface area contributed by atoms with Gasteiger partial charge in [-0.15, -0.1) is 0 Å². The Morgan fingerprint density at radius 1 is 1.44 bits per heavy atom. The molecule has 16 heavy (non-hydrogen) atoms. The molecule has 1 aromatic carbocycles. The number of allylic oxidation sites excluding steroid dienone is 1. The van der Waals surface area contributed by atoms with E-state index in [2.05, 4.69) is 0 Å². The number of carbonyl (C=O) groups excluding carboxylic acids is 1. The molecule has 0 saturated carbocycles. The zero-order valence-electron chi connectivity index (χ0n) is 10.1. The zero-order valence-corrected chi connectivity index (χ0v) is 10.1. The molecule has 0 aliphatic carbocycles. The van der Waals surface area contributed by atoms with E-state index in [1.165, 1.54) is 0 Å². The van der Waals surface area contributed by atoms with E-state index in [1.807, 2.05) is 51.1 Å². The van der Waals surface area contributed by atoms with Crippen molar-refractivity contribution < 1.29 is 9.53 Å². The van der Waals surface area contributed by atoms with E-state index in [1.54, 1.807) is 6.07 Å². The molecule has 0 fully saturated rings. The fourth-order valence-electron chi connectivity index (χ4n) is 1.38. The molecule has 0 saturated heterocycles. The first-order chi connectivity index (χ1) is 7.61. The summed E-state index contributed by atoms with van der Waals surface area (Å²) in [6, 6.07) is 7.51. The Bertz CT molecular complexity index is 378. The predicted molar refractivity (Wildman–Crippen MR) is 66.2 cm³/mol. The molecule has 86 valence electrons. The number of esters is 1. The molecule has 0 aromatic heterocycles. The summed E-state index contributed by atoms with van der Waals surface area (Å²) in [4.78, 5) is 11.5. The second kappa shape index (κ2) is 6.11. The van der Waals surface area contributed by atoms with Crippen molar-refractivity contribution in [1.29, 1.82) is 0 Å². The molecule has 1 rings (SSSR count). The summed E-state index contributed by atoms with van der Waals surface area (Å²) < 4.78 is 5.24. The second-order valence-corrected chi connectivity index (χ2v) is 4.14. The average Bonchev–Trinajstić information content (AvgIpc) is 2.17. The summed E-state index contributed by atoms with van der Waals surface area (Å²) in [5.74, 6) is 0.764. The highest BCUT2D eigenvalue weighted by Crippen LogP contribution is 2.15. The first-order valence-electron chi connectivity index (χ1n) is 5.55. The first-order valence-corrected chi connectivity index (χ1v) is 5.55. The van der Waals surface area contributed by atoms with Crippen molar-refractivity contribution in [3.8, 4) is 5.75 Å². The lowest BCUT2D eigenvalue weighted by Crippen LogP contribution is -2.10. The summed E-state index contributed by atoms with van der Waals surface area (Å²) >= 11 is 0. The van der Waals surface area contributed by atoms with Crippen LogP contribution in [0.1, 0.15) is 32.8 Å². The van der Waals surface area contributed by atoms with Gasteiger partial charge in [-0.1, -0.05) is 38.1 Å². The normalized spacial score (nSPS) is 11.0. The smallest absolute Gasteiger partial charge is 0.311 e. The molecule has 2 heteroatoms. The molecule has 0 aliphatic rings. The van der Waals surface area contributed by atoms with Gasteiger partial charge in [0.05, 0.1) is 0 Å². The zero-order chi connectivity index (χ0) is 12.0. The van der Waals surface area contributed by atoms with E-state index in [4.69, 9.17) is 4.74 Å². The Balaban J connectivity index is 2.66. The number of hydrogen-bond donors (Lipinski definition) is 0. The fraction of sp³-hybridized carbons (Fsp3) is 0.357. The van der Waals surface area contributed by atoms with Gasteiger partial charge in [-0.05, 0) is 30.5 Å². The third kappa shape index (κ3) is 4.30. The monoisotopic (exact) mass is 218 g/mol. The van der Waals surface area contributed by atoms with Crippen LogP contribution >= 0.6 is 0 Å². The van der Waals surface area contributed by atoms with Crippen LogP contribution < -0.4 is 4.74 Å². The average molecular weight is 218 g/mol. The minimum Gasteiger partial charge on any atom is -0.427 e. The van der Waals surface area contributed by atoms with Crippen molar-refractivity contribution in [2.75, 3.05) is 0 Å². The molecule has 0 amide bonds. The molecular formula is C14H18O2. The van der Waals surface area contributed by atoms with Crippen LogP contribution in [0.2, 0.25) is 0 Å². The van der Waals surface area contributed by atoms with Gasteiger partial charge in [0, 0.05) is 6.42 Å². The lowest BCUT2D eigenvalue weighted by atomic mass is 10.1. The number of ether oxygens (including phenoxy) is 1. The summed E-state index contributed by atoms with van der Waals surface area (Å²) in [5, 5.41) is 0. The van der Waals surface area contributed by atoms with E-state index < -0.39 is 0 Å². The second-order valence-electron chi connectivity index (χ2n) is 4.14. The van der Waals surface area contributed by atoms with Crippen molar-refractivity contribution in [2.45, 2.75) is 27.2 Å². The number of carbonyl (C=O) groups is 1. The van der Waals surface area contributed by atoms with E-state index in [-0.39, 0.29) is 5.97 Å². The van der Waals surface area contributed by atoms with E-state index in [0.29, 0.717) is 18.1 Å². The maximum absolute atomic E-state index is 11.5. The van der Waals surface area contributed by atoms with Crippen LogP contribution in [0.15, 0.2) is 30.3 Å². The SMILES string of the molecule is C/C=C/c1cccc(OC(=O)CC(C)C)c1. The van der Waals surface area contributed by atoms with Crippen molar-refractivity contribution >= 4 is 12.0 Å². The van der Waals surface area contributed by atoms with Crippen LogP contribution in [0.4, 0.5) is 0 Å². The highest BCUT2D eigenvalue weighted by atomic mass is 16.5. The maximum Gasteiger partial charge on any atom is 0.311 e. The van der Waals surface area contributed by atoms with Gasteiger partial charge in [-0.3, -0.25) is 4.79 Å². The Labute approximate surface area is 96.9 Å². The minimum atomic E-state index is -0.173. The van der Waals surface area contributed by atoms with Crippen molar-refractivity contribution in [1.82, 2.24) is 0 Å². The summed E-state index contributed by atoms with van der Waals surface area (Å²) in [6.07, 6.45) is 4.38. The lowest BCUT2D eigenvalue weighted by molar-refractivity contribution is -0.135. The van der Waals surface area contributed by atoms with Gasteiger partial charge in [-0.25, -0.2) is 0 Å². The van der Waals surface area contributed by atoms with Gasteiger partial charge in [0.1, 0.15) is 5.75 Å². The highest BCUT2D eigenvalue weighted by Gasteiger charge is 2.07. The molecule has 0 radical (unpaired) electrons. The Morgan fingerprint density at radius 3 is 2.81 bits per heavy atom. The third-order valence-corrected chi connectivity index (χ3v) is 2.02. The van der Waals surface area contributed by atoms with Crippen LogP contribution in [0.3, 0.4) is 0 Å². The van der Waals surface area contributed by atoms with Gasteiger partial charge in [-0.2, -0.15) is 0 Å². The van der Waals surface area contributed by atoms with Crippen molar-refractivity contribution in [3.05, 3.63) is 35.9 Å². The van der Waals surface area contributed by atoms with Gasteiger partial charge in [0.25, 0.3) is 0 Å². The van der Waals surface area contributed by atoms with E-state index >= 15 is 0 Å². The Kier molecular flexibility index (Phi) is 4.77. The number of benzene rings is 1. The quantitative estimate of drug-likeness (QED) is 0.569. The number of rotatable bonds is 4. The Hall–Kier alpha value is -1.57. The molecule has 0 atom stereocenters. The van der Waals surface area contributed by atoms with Gasteiger partial charge < -0.3 is 4.74 Å². The van der Waals surface area contributed by atoms with E-state index in [0.717, 1.165) is 5.56 Å². The summed E-state index contributed by atoms with van der Waals surface area (Å²) in [6.45, 7) is 5.95. The summed E-state index contributed by atoms with van der Waals surface area (Å²) in [7, 11) is 0. The fourth-order valence-corrected chi connectivity index (χ4v) is 1.38. The molecule has 0 heterocycles. The third-order valence-electron chi connectivity index (χ3n) is 2.02. The molecule has 1 aromatic rings. The molecular weight excluding hydrogens is 200 g/mol. The molecule has 0 bridgehead atoms. The van der Waals surface area contributed by atoms with Crippen LogP contribution in [0.5, 0.6) is 5.75 Å². The van der Waals surface area contributed by atoms with Gasteiger partial charge >= 0.3 is 5.97 Å². The van der Waals surface area contributed by atoms with Crippen molar-refractivity contribution in [2.24, 2.45) is 5.92 Å². The van der Waals surface area contributed by atoms with Crippen LogP contribution in [-0.2, 0) is 4.79 Å². The maximum atomic E-state index is 11.5. The largest absolute Gasteiger partial charge is 0.427 e. The highest BCUT2D eigenvalue weighted by molar-refractivity contribution is 5.72. The molecule has 0 unspecified atom stereocenters. The standard InChI is InChI=1S/C14H18O2/c1-4-6-12-7-5-8-13(10-12)16-14(15)9-11(2)3/h4-8,10-11H,9H2,1-3H3/b6-4+. The molecule has 0 spiro atoms. The molecule has 0 aliphatic heterocycles. The van der Waals surface area contributed by atoms with Crippen molar-refractivity contribution in [3.63, 3.8) is 0 Å². The van der Waals surface area contributed by atoms with Crippen LogP contribution in [-0.4, -0.2) is 5.97 Å². The number of hydrogen-bond acceptors (Lipinski definition) is 2. The molecule has 2 nitrogen and oxygen atoms in total. The summed E-state index contributed by atoms with van der Waals surface area (Å²) in [5.41, 5.74) is 1.04. The first kappa shape index (κ1) is 12.5. The topological polar surface area (TPSA) is 26.3 Å². The Morgan fingerprint density at radius 2 is 2.19 bits per heavy atom. The van der Waals surface area contributed by atoms with Crippen LogP contribution in [0.25, 0.3) is 6.08 Å². The molecule has 0 N–H and O–H groups in total. The lowest BCUT2D eigenvalue weighted by Gasteiger charge is -2.06. The van der Waals surface area contributed by atoms with Crippen LogP contribution in [0, 0.1) is 5.92 Å². The van der Waals surface area contributed by atoms with Gasteiger partial charge in [0.2, 0.25) is 0 Å². The minimum absolute atomic E-state index is 0.173. The predicted octanol–water partition coefficient (Wildman–Crippen LogP) is 3.67. The van der Waals surface area contributed by atoms with Gasteiger partial charge in [0.15, 0.2) is 0 Å².